The lowest BCUT2D eigenvalue weighted by molar-refractivity contribution is -0.150. The van der Waals surface area contributed by atoms with Crippen molar-refractivity contribution in [2.45, 2.75) is 24.4 Å². The van der Waals surface area contributed by atoms with Gasteiger partial charge in [-0.1, -0.05) is 16.7 Å². The first-order valence-electron chi connectivity index (χ1n) is 13.7. The Labute approximate surface area is 274 Å². The van der Waals surface area contributed by atoms with E-state index in [1.807, 2.05) is 0 Å². The second-order valence-corrected chi connectivity index (χ2v) is 13.2. The molecule has 3 aliphatic rings. The van der Waals surface area contributed by atoms with E-state index in [-0.39, 0.29) is 28.6 Å². The Hall–Kier alpha value is -4.37. The van der Waals surface area contributed by atoms with Crippen LogP contribution in [-0.4, -0.2) is 89.9 Å². The maximum Gasteiger partial charge on any atom is 0.352 e. The van der Waals surface area contributed by atoms with Gasteiger partial charge in [0.1, 0.15) is 34.6 Å². The maximum absolute atomic E-state index is 13.9. The zero-order valence-electron chi connectivity index (χ0n) is 24.3. The van der Waals surface area contributed by atoms with Crippen molar-refractivity contribution in [2.75, 3.05) is 35.3 Å². The van der Waals surface area contributed by atoms with Crippen LogP contribution in [0.5, 0.6) is 5.75 Å². The molecule has 0 bridgehead atoms. The fraction of sp³-hybridized carbons (Fsp3) is 0.308. The molecule has 1 aromatic heterocycles. The Morgan fingerprint density at radius 2 is 2.00 bits per heavy atom. The number of carboxylic acids is 1. The second-order valence-electron chi connectivity index (χ2n) is 9.82. The van der Waals surface area contributed by atoms with E-state index in [1.54, 1.807) is 24.7 Å². The molecule has 46 heavy (non-hydrogen) atoms. The monoisotopic (exact) mass is 690 g/mol. The number of fused-ring (bicyclic) bond motifs is 1. The lowest BCUT2D eigenvalue weighted by Gasteiger charge is -2.49. The van der Waals surface area contributed by atoms with E-state index >= 15 is 0 Å². The van der Waals surface area contributed by atoms with Gasteiger partial charge in [0, 0.05) is 43.2 Å². The van der Waals surface area contributed by atoms with Crippen LogP contribution in [0.25, 0.3) is 0 Å². The van der Waals surface area contributed by atoms with Gasteiger partial charge in [-0.3, -0.25) is 29.2 Å². The van der Waals surface area contributed by atoms with E-state index in [0.717, 1.165) is 20.2 Å². The Morgan fingerprint density at radius 1 is 1.26 bits per heavy atom. The number of carbonyl (C=O) groups excluding carboxylic acids is 3. The summed E-state index contributed by atoms with van der Waals surface area (Å²) in [6, 6.07) is 1.45. The predicted octanol–water partition coefficient (Wildman–Crippen LogP) is 0.407. The fourth-order valence-corrected chi connectivity index (χ4v) is 8.15. The molecule has 9 N–H and O–H groups in total. The van der Waals surface area contributed by atoms with E-state index in [1.165, 1.54) is 59.7 Å². The normalized spacial score (nSPS) is 19.8. The van der Waals surface area contributed by atoms with Crippen LogP contribution in [0, 0.1) is 0 Å². The molecule has 3 aliphatic heterocycles. The van der Waals surface area contributed by atoms with Crippen molar-refractivity contribution < 1.29 is 29.4 Å². The molecule has 2 unspecified atom stereocenters. The average Bonchev–Trinajstić information content (AvgIpc) is 3.50. The smallest absolute Gasteiger partial charge is 0.352 e. The van der Waals surface area contributed by atoms with Gasteiger partial charge in [-0.05, 0) is 30.2 Å². The van der Waals surface area contributed by atoms with Crippen molar-refractivity contribution in [3.8, 4) is 5.75 Å². The van der Waals surface area contributed by atoms with Crippen molar-refractivity contribution in [3.05, 3.63) is 68.1 Å². The van der Waals surface area contributed by atoms with Gasteiger partial charge in [-0.15, -0.1) is 23.5 Å². The molecule has 1 saturated heterocycles. The van der Waals surface area contributed by atoms with Gasteiger partial charge in [0.25, 0.3) is 11.5 Å². The van der Waals surface area contributed by atoms with Gasteiger partial charge in [0.15, 0.2) is 0 Å². The summed E-state index contributed by atoms with van der Waals surface area (Å²) in [5.41, 5.74) is 11.1. The van der Waals surface area contributed by atoms with Crippen LogP contribution in [0.15, 0.2) is 57.0 Å². The molecule has 2 aromatic rings. The SMILES string of the molecule is CCNc1ncc(N(C(N)=O)C(C(=O)NC2C(=O)N3C(C(=O)O)=C(CSC4=CNN(NC)S4)CS[C@@H]23)c2ccc(O)cc2)c(=O)[nH]1. The number of carbonyl (C=O) groups is 4. The zero-order chi connectivity index (χ0) is 33.1. The highest BCUT2D eigenvalue weighted by Gasteiger charge is 2.55. The first-order valence-corrected chi connectivity index (χ1v) is 16.5. The molecule has 0 spiro atoms. The summed E-state index contributed by atoms with van der Waals surface area (Å²) in [4.78, 5) is 74.0. The number of H-pyrrole nitrogens is 1. The number of carboxylic acid groups (broad SMARTS) is 1. The number of phenolic OH excluding ortho intramolecular Hbond substituents is 1. The minimum absolute atomic E-state index is 0.119. The number of urea groups is 1. The van der Waals surface area contributed by atoms with Crippen LogP contribution in [0.2, 0.25) is 0 Å². The van der Waals surface area contributed by atoms with Crippen molar-refractivity contribution in [3.63, 3.8) is 0 Å². The second kappa shape index (κ2) is 14.0. The molecule has 0 radical (unpaired) electrons. The number of anilines is 2. The summed E-state index contributed by atoms with van der Waals surface area (Å²) in [6.07, 6.45) is 2.86. The van der Waals surface area contributed by atoms with Crippen molar-refractivity contribution in [2.24, 2.45) is 5.73 Å². The molecule has 20 heteroatoms. The van der Waals surface area contributed by atoms with Gasteiger partial charge in [0.2, 0.25) is 11.9 Å². The standard InChI is InChI=1S/C26H30N10O7S3/c1-3-29-26-30-8-15(20(38)33-26)34(25(27)43)18(12-4-6-14(37)7-5-12)21(39)32-17-22(40)35-19(24(41)42)13(11-45-23(17)35)10-44-16-9-31-36(28-2)46-16/h4-9,17-18,23,28,31,37H,3,10-11H2,1-2H3,(H2,27,43)(H,32,39)(H,41,42)(H2,29,30,33,38)/t17?,18?,23-/m0/s1. The number of primary amides is 1. The summed E-state index contributed by atoms with van der Waals surface area (Å²) in [5, 5.41) is 24.6. The molecule has 3 atom stereocenters. The quantitative estimate of drug-likeness (QED) is 0.111. The third-order valence-corrected chi connectivity index (χ3v) is 10.5. The number of nitrogens with zero attached hydrogens (tertiary/aromatic N) is 4. The first kappa shape index (κ1) is 33.0. The van der Waals surface area contributed by atoms with E-state index in [9.17, 15) is 34.2 Å². The highest BCUT2D eigenvalue weighted by molar-refractivity contribution is 8.21. The van der Waals surface area contributed by atoms with E-state index in [4.69, 9.17) is 5.73 Å². The third kappa shape index (κ3) is 6.60. The minimum Gasteiger partial charge on any atom is -0.508 e. The molecule has 17 nitrogen and oxygen atoms in total. The minimum atomic E-state index is -1.56. The number of aromatic hydroxyl groups is 1. The van der Waals surface area contributed by atoms with Crippen molar-refractivity contribution >= 4 is 70.9 Å². The number of hydrogen-bond donors (Lipinski definition) is 8. The number of hydrogen-bond acceptors (Lipinski definition) is 14. The summed E-state index contributed by atoms with van der Waals surface area (Å²) in [6.45, 7) is 2.25. The topological polar surface area (TPSA) is 238 Å². The number of β-lactam (4-membered cyclic amide) rings is 1. The lowest BCUT2D eigenvalue weighted by Crippen LogP contribution is -2.71. The molecule has 4 amide bonds. The van der Waals surface area contributed by atoms with Gasteiger partial charge < -0.3 is 32.0 Å². The number of nitrogens with two attached hydrogens (primary N) is 1. The van der Waals surface area contributed by atoms with E-state index in [0.29, 0.717) is 23.6 Å². The number of rotatable bonds is 12. The molecule has 1 aromatic carbocycles. The number of amides is 4. The number of aromatic amines is 1. The largest absolute Gasteiger partial charge is 0.508 e. The number of aromatic nitrogens is 2. The van der Waals surface area contributed by atoms with Crippen LogP contribution < -0.4 is 37.7 Å². The molecular weight excluding hydrogens is 661 g/mol. The summed E-state index contributed by atoms with van der Waals surface area (Å²) < 4.78 is 2.56. The number of nitrogens with one attached hydrogen (secondary N) is 5. The summed E-state index contributed by atoms with van der Waals surface area (Å²) in [7, 11) is 1.74. The van der Waals surface area contributed by atoms with Gasteiger partial charge in [0.05, 0.1) is 10.4 Å². The van der Waals surface area contributed by atoms with Crippen LogP contribution in [0.3, 0.4) is 0 Å². The molecule has 5 rings (SSSR count). The summed E-state index contributed by atoms with van der Waals surface area (Å²) in [5.74, 6) is -2.14. The zero-order valence-corrected chi connectivity index (χ0v) is 26.8. The van der Waals surface area contributed by atoms with Crippen molar-refractivity contribution in [1.82, 2.24) is 35.6 Å². The fourth-order valence-electron chi connectivity index (χ4n) is 4.89. The first-order chi connectivity index (χ1) is 22.0. The maximum atomic E-state index is 13.9. The van der Waals surface area contributed by atoms with Gasteiger partial charge >= 0.3 is 12.0 Å². The molecule has 0 saturated carbocycles. The van der Waals surface area contributed by atoms with Crippen LogP contribution in [0.1, 0.15) is 18.5 Å². The van der Waals surface area contributed by atoms with E-state index < -0.39 is 46.8 Å². The predicted molar refractivity (Wildman–Crippen MR) is 174 cm³/mol. The number of phenols is 1. The average molecular weight is 691 g/mol. The Kier molecular flexibility index (Phi) is 10.0. The highest BCUT2D eigenvalue weighted by atomic mass is 32.2. The Bertz CT molecular complexity index is 1670. The van der Waals surface area contributed by atoms with Crippen LogP contribution in [0.4, 0.5) is 16.4 Å². The molecule has 4 heterocycles. The number of hydrazine groups is 2. The number of benzene rings is 1. The van der Waals surface area contributed by atoms with Crippen LogP contribution in [-0.2, 0) is 14.4 Å². The molecule has 0 aliphatic carbocycles. The number of aliphatic carboxylic acids is 1. The number of thioether (sulfide) groups is 2. The van der Waals surface area contributed by atoms with Crippen LogP contribution >= 0.6 is 35.5 Å². The Balaban J connectivity index is 1.39. The highest BCUT2D eigenvalue weighted by Crippen LogP contribution is 2.43. The molecular formula is C26H30N10O7S3. The lowest BCUT2D eigenvalue weighted by atomic mass is 10.00. The molecule has 244 valence electrons. The van der Waals surface area contributed by atoms with Gasteiger partial charge in [-0.2, -0.15) is 0 Å². The van der Waals surface area contributed by atoms with Gasteiger partial charge in [-0.25, -0.2) is 20.0 Å². The van der Waals surface area contributed by atoms with Crippen molar-refractivity contribution in [1.29, 1.82) is 0 Å². The third-order valence-electron chi connectivity index (χ3n) is 6.96. The Morgan fingerprint density at radius 3 is 2.61 bits per heavy atom. The molecule has 1 fully saturated rings. The van der Waals surface area contributed by atoms with E-state index in [2.05, 4.69) is 31.5 Å². The summed E-state index contributed by atoms with van der Waals surface area (Å²) >= 11 is 4.10.